The highest BCUT2D eigenvalue weighted by Crippen LogP contribution is 2.41. The summed E-state index contributed by atoms with van der Waals surface area (Å²) in [5, 5.41) is 0. The van der Waals surface area contributed by atoms with Crippen molar-refractivity contribution >= 4 is 0 Å². The van der Waals surface area contributed by atoms with E-state index in [1.165, 1.54) is 11.1 Å². The van der Waals surface area contributed by atoms with Crippen LogP contribution < -0.4 is 10.5 Å². The fourth-order valence-corrected chi connectivity index (χ4v) is 3.55. The van der Waals surface area contributed by atoms with Crippen LogP contribution in [0.15, 0.2) is 18.2 Å². The fraction of sp³-hybridized carbons (Fsp3) is 0.647. The van der Waals surface area contributed by atoms with Gasteiger partial charge in [-0.25, -0.2) is 0 Å². The number of fused-ring (bicyclic) bond motifs is 1. The van der Waals surface area contributed by atoms with E-state index in [-0.39, 0.29) is 11.6 Å². The lowest BCUT2D eigenvalue weighted by atomic mass is 9.96. The predicted octanol–water partition coefficient (Wildman–Crippen LogP) is 2.12. The van der Waals surface area contributed by atoms with Crippen molar-refractivity contribution in [2.24, 2.45) is 5.73 Å². The molecule has 1 aromatic carbocycles. The number of benzene rings is 1. The van der Waals surface area contributed by atoms with Crippen LogP contribution in [0.5, 0.6) is 5.75 Å². The Morgan fingerprint density at radius 1 is 1.43 bits per heavy atom. The van der Waals surface area contributed by atoms with Gasteiger partial charge in [0.25, 0.3) is 0 Å². The van der Waals surface area contributed by atoms with Gasteiger partial charge in [-0.05, 0) is 26.3 Å². The van der Waals surface area contributed by atoms with Gasteiger partial charge >= 0.3 is 0 Å². The van der Waals surface area contributed by atoms with Crippen molar-refractivity contribution < 1.29 is 9.47 Å². The van der Waals surface area contributed by atoms with E-state index in [1.54, 1.807) is 0 Å². The third-order valence-corrected chi connectivity index (χ3v) is 4.52. The van der Waals surface area contributed by atoms with Gasteiger partial charge in [0.1, 0.15) is 11.4 Å². The molecule has 0 saturated carbocycles. The Labute approximate surface area is 127 Å². The zero-order valence-corrected chi connectivity index (χ0v) is 13.3. The first-order valence-electron chi connectivity index (χ1n) is 7.86. The topological polar surface area (TPSA) is 47.7 Å². The maximum Gasteiger partial charge on any atom is 0.128 e. The number of hydrogen-bond donors (Lipinski definition) is 1. The summed E-state index contributed by atoms with van der Waals surface area (Å²) in [7, 11) is 0. The van der Waals surface area contributed by atoms with Crippen molar-refractivity contribution in [3.63, 3.8) is 0 Å². The van der Waals surface area contributed by atoms with E-state index in [1.807, 2.05) is 0 Å². The van der Waals surface area contributed by atoms with E-state index < -0.39 is 0 Å². The standard InChI is InChI=1S/C17H26N2O2/c1-12-11-20-8-7-19(12)15(10-18)14-6-4-5-13-9-17(2,3)21-16(13)14/h4-6,12,15H,7-11,18H2,1-3H3. The lowest BCUT2D eigenvalue weighted by Gasteiger charge is -2.39. The SMILES string of the molecule is CC1COCCN1C(CN)c1cccc2c1OC(C)(C)C2. The minimum atomic E-state index is -0.117. The van der Waals surface area contributed by atoms with Crippen LogP contribution in [0.4, 0.5) is 0 Å². The summed E-state index contributed by atoms with van der Waals surface area (Å²) in [6.07, 6.45) is 0.964. The van der Waals surface area contributed by atoms with Gasteiger partial charge < -0.3 is 15.2 Å². The van der Waals surface area contributed by atoms with Crippen LogP contribution in [0.1, 0.15) is 37.9 Å². The van der Waals surface area contributed by atoms with Crippen molar-refractivity contribution in [3.05, 3.63) is 29.3 Å². The van der Waals surface area contributed by atoms with Crippen molar-refractivity contribution in [1.82, 2.24) is 4.90 Å². The molecule has 4 heteroatoms. The third-order valence-electron chi connectivity index (χ3n) is 4.52. The number of hydrogen-bond acceptors (Lipinski definition) is 4. The molecular weight excluding hydrogens is 264 g/mol. The molecule has 2 aliphatic heterocycles. The lowest BCUT2D eigenvalue weighted by molar-refractivity contribution is -0.0216. The normalized spacial score (nSPS) is 26.2. The Morgan fingerprint density at radius 3 is 2.95 bits per heavy atom. The van der Waals surface area contributed by atoms with Gasteiger partial charge in [0.15, 0.2) is 0 Å². The van der Waals surface area contributed by atoms with Crippen molar-refractivity contribution in [3.8, 4) is 5.75 Å². The van der Waals surface area contributed by atoms with Gasteiger partial charge in [-0.3, -0.25) is 4.90 Å². The molecule has 1 aromatic rings. The molecular formula is C17H26N2O2. The van der Waals surface area contributed by atoms with Crippen molar-refractivity contribution in [2.75, 3.05) is 26.3 Å². The summed E-state index contributed by atoms with van der Waals surface area (Å²) in [4.78, 5) is 2.45. The number of rotatable bonds is 3. The van der Waals surface area contributed by atoms with E-state index in [0.717, 1.165) is 31.9 Å². The maximum atomic E-state index is 6.22. The van der Waals surface area contributed by atoms with Gasteiger partial charge in [-0.1, -0.05) is 18.2 Å². The molecule has 0 radical (unpaired) electrons. The molecule has 2 unspecified atom stereocenters. The second kappa shape index (κ2) is 5.59. The zero-order valence-electron chi connectivity index (χ0n) is 13.3. The number of nitrogens with two attached hydrogens (primary N) is 1. The Morgan fingerprint density at radius 2 is 2.24 bits per heavy atom. The van der Waals surface area contributed by atoms with Crippen LogP contribution in [-0.2, 0) is 11.2 Å². The molecule has 21 heavy (non-hydrogen) atoms. The van der Waals surface area contributed by atoms with Crippen LogP contribution in [-0.4, -0.2) is 42.8 Å². The molecule has 0 spiro atoms. The smallest absolute Gasteiger partial charge is 0.128 e. The van der Waals surface area contributed by atoms with Gasteiger partial charge in [0.05, 0.1) is 19.3 Å². The number of nitrogens with zero attached hydrogens (tertiary/aromatic N) is 1. The molecule has 0 aliphatic carbocycles. The van der Waals surface area contributed by atoms with Crippen molar-refractivity contribution in [1.29, 1.82) is 0 Å². The van der Waals surface area contributed by atoms with Crippen molar-refractivity contribution in [2.45, 2.75) is 44.9 Å². The summed E-state index contributed by atoms with van der Waals surface area (Å²) < 4.78 is 11.8. The molecule has 0 bridgehead atoms. The second-order valence-corrected chi connectivity index (χ2v) is 6.79. The van der Waals surface area contributed by atoms with Gasteiger partial charge in [-0.15, -0.1) is 0 Å². The molecule has 0 amide bonds. The first-order chi connectivity index (χ1) is 10.0. The highest BCUT2D eigenvalue weighted by molar-refractivity contribution is 5.47. The molecule has 1 saturated heterocycles. The molecule has 2 heterocycles. The van der Waals surface area contributed by atoms with Crippen LogP contribution in [0.2, 0.25) is 0 Å². The molecule has 3 rings (SSSR count). The Balaban J connectivity index is 1.94. The summed E-state index contributed by atoms with van der Waals surface area (Å²) in [6, 6.07) is 7.06. The molecule has 4 nitrogen and oxygen atoms in total. The van der Waals surface area contributed by atoms with Gasteiger partial charge in [-0.2, -0.15) is 0 Å². The Hall–Kier alpha value is -1.10. The van der Waals surface area contributed by atoms with E-state index >= 15 is 0 Å². The summed E-state index contributed by atoms with van der Waals surface area (Å²) in [5.74, 6) is 1.05. The zero-order chi connectivity index (χ0) is 15.0. The first-order valence-corrected chi connectivity index (χ1v) is 7.86. The quantitative estimate of drug-likeness (QED) is 0.926. The van der Waals surface area contributed by atoms with Crippen LogP contribution in [0.25, 0.3) is 0 Å². The molecule has 0 aromatic heterocycles. The molecule has 2 atom stereocenters. The third kappa shape index (κ3) is 2.80. The summed E-state index contributed by atoms with van der Waals surface area (Å²) in [6.45, 7) is 9.58. The second-order valence-electron chi connectivity index (χ2n) is 6.79. The van der Waals surface area contributed by atoms with Crippen LogP contribution in [0, 0.1) is 0 Å². The lowest BCUT2D eigenvalue weighted by Crippen LogP contribution is -2.47. The van der Waals surface area contributed by atoms with Gasteiger partial charge in [0, 0.05) is 31.1 Å². The molecule has 1 fully saturated rings. The average Bonchev–Trinajstić information content (AvgIpc) is 2.76. The molecule has 116 valence electrons. The Bertz CT molecular complexity index is 516. The van der Waals surface area contributed by atoms with Gasteiger partial charge in [0.2, 0.25) is 0 Å². The fourth-order valence-electron chi connectivity index (χ4n) is 3.55. The van der Waals surface area contributed by atoms with E-state index in [9.17, 15) is 0 Å². The van der Waals surface area contributed by atoms with Crippen LogP contribution in [0.3, 0.4) is 0 Å². The van der Waals surface area contributed by atoms with E-state index in [0.29, 0.717) is 12.6 Å². The minimum Gasteiger partial charge on any atom is -0.487 e. The highest BCUT2D eigenvalue weighted by atomic mass is 16.5. The van der Waals surface area contributed by atoms with Crippen LogP contribution >= 0.6 is 0 Å². The highest BCUT2D eigenvalue weighted by Gasteiger charge is 2.35. The number of para-hydroxylation sites is 1. The molecule has 2 aliphatic rings. The molecule has 2 N–H and O–H groups in total. The first kappa shape index (κ1) is 14.8. The largest absolute Gasteiger partial charge is 0.487 e. The number of ether oxygens (including phenoxy) is 2. The summed E-state index contributed by atoms with van der Waals surface area (Å²) in [5.41, 5.74) is 8.54. The predicted molar refractivity (Wildman–Crippen MR) is 83.6 cm³/mol. The maximum absolute atomic E-state index is 6.22. The average molecular weight is 290 g/mol. The monoisotopic (exact) mass is 290 g/mol. The minimum absolute atomic E-state index is 0.117. The number of morpholine rings is 1. The van der Waals surface area contributed by atoms with E-state index in [2.05, 4.69) is 43.9 Å². The Kier molecular flexibility index (Phi) is 3.95. The van der Waals surface area contributed by atoms with E-state index in [4.69, 9.17) is 15.2 Å². The summed E-state index contributed by atoms with van der Waals surface area (Å²) >= 11 is 0.